The number of carbonyl (C=O) groups is 1. The number of piperazine rings is 1. The average Bonchev–Trinajstić information content (AvgIpc) is 3.36. The molecule has 0 saturated carbocycles. The number of benzene rings is 2. The van der Waals surface area contributed by atoms with Gasteiger partial charge in [0, 0.05) is 60.8 Å². The summed E-state index contributed by atoms with van der Waals surface area (Å²) in [7, 11) is -0.312. The first-order chi connectivity index (χ1) is 22.2. The number of hydrogen-bond acceptors (Lipinski definition) is 11. The molecule has 2 aromatic heterocycles. The number of ether oxygens (including phenoxy) is 3. The summed E-state index contributed by atoms with van der Waals surface area (Å²) >= 11 is 6.57. The monoisotopic (exact) mass is 660 g/mol. The molecule has 0 spiro atoms. The van der Waals surface area contributed by atoms with E-state index in [2.05, 4.69) is 16.0 Å². The zero-order valence-electron chi connectivity index (χ0n) is 25.2. The molecule has 2 aromatic carbocycles. The number of pyridine rings is 2. The highest BCUT2D eigenvalue weighted by atomic mass is 35.5. The first kappa shape index (κ1) is 31.1. The van der Waals surface area contributed by atoms with Gasteiger partial charge in [0.2, 0.25) is 5.88 Å². The molecular formula is C32H29ClN6O6S. The number of carbonyl (C=O) groups excluding carboxylic acids is 1. The minimum absolute atomic E-state index is 0.0137. The van der Waals surface area contributed by atoms with E-state index in [9.17, 15) is 13.7 Å². The van der Waals surface area contributed by atoms with Crippen LogP contribution in [0, 0.1) is 11.3 Å². The van der Waals surface area contributed by atoms with Crippen molar-refractivity contribution in [2.24, 2.45) is 0 Å². The molecule has 1 amide bonds. The van der Waals surface area contributed by atoms with Crippen LogP contribution in [0.25, 0.3) is 0 Å². The SMILES string of the molecule is COc1ccc(S(=O)(=O)N2C(=O)C(c3cccnc3OC)(N3CCN(c4cc(C#N)ccn4)CC3)c3cc(Cl)ccc32)c(OC)c1. The van der Waals surface area contributed by atoms with Crippen LogP contribution in [0.4, 0.5) is 11.5 Å². The third kappa shape index (κ3) is 4.86. The maximum absolute atomic E-state index is 15.2. The van der Waals surface area contributed by atoms with Crippen LogP contribution >= 0.6 is 11.6 Å². The van der Waals surface area contributed by atoms with Gasteiger partial charge in [-0.05, 0) is 54.6 Å². The fraction of sp³-hybridized carbons (Fsp3) is 0.250. The fourth-order valence-corrected chi connectivity index (χ4v) is 7.94. The number of nitrogens with zero attached hydrogens (tertiary/aromatic N) is 6. The molecule has 4 heterocycles. The number of sulfonamides is 1. The van der Waals surface area contributed by atoms with Gasteiger partial charge < -0.3 is 19.1 Å². The Labute approximate surface area is 271 Å². The number of anilines is 2. The molecule has 6 rings (SSSR count). The lowest BCUT2D eigenvalue weighted by atomic mass is 9.82. The Bertz CT molecular complexity index is 1980. The third-order valence-corrected chi connectivity index (χ3v) is 10.2. The number of aromatic nitrogens is 2. The van der Waals surface area contributed by atoms with E-state index in [4.69, 9.17) is 25.8 Å². The average molecular weight is 661 g/mol. The van der Waals surface area contributed by atoms with Gasteiger partial charge in [-0.15, -0.1) is 0 Å². The lowest BCUT2D eigenvalue weighted by Crippen LogP contribution is -2.60. The quantitative estimate of drug-likeness (QED) is 0.273. The van der Waals surface area contributed by atoms with Crippen molar-refractivity contribution in [1.82, 2.24) is 14.9 Å². The number of fused-ring (bicyclic) bond motifs is 1. The summed E-state index contributed by atoms with van der Waals surface area (Å²) in [6, 6.07) is 17.8. The Balaban J connectivity index is 1.53. The predicted octanol–water partition coefficient (Wildman–Crippen LogP) is 3.83. The van der Waals surface area contributed by atoms with E-state index in [1.54, 1.807) is 42.6 Å². The van der Waals surface area contributed by atoms with Crippen molar-refractivity contribution in [3.63, 3.8) is 0 Å². The van der Waals surface area contributed by atoms with E-state index < -0.39 is 21.5 Å². The number of rotatable bonds is 8. The second-order valence-corrected chi connectivity index (χ2v) is 12.7. The molecule has 0 aliphatic carbocycles. The first-order valence-electron chi connectivity index (χ1n) is 14.2. The van der Waals surface area contributed by atoms with E-state index in [-0.39, 0.29) is 22.2 Å². The highest BCUT2D eigenvalue weighted by Crippen LogP contribution is 2.53. The van der Waals surface area contributed by atoms with E-state index in [1.165, 1.54) is 51.8 Å². The largest absolute Gasteiger partial charge is 0.497 e. The number of hydrogen-bond donors (Lipinski definition) is 0. The summed E-state index contributed by atoms with van der Waals surface area (Å²) in [4.78, 5) is 27.8. The fourth-order valence-electron chi connectivity index (χ4n) is 6.17. The molecule has 4 aromatic rings. The van der Waals surface area contributed by atoms with E-state index in [0.717, 1.165) is 4.31 Å². The number of nitriles is 1. The Morgan fingerprint density at radius 1 is 0.891 bits per heavy atom. The Morgan fingerprint density at radius 3 is 2.37 bits per heavy atom. The summed E-state index contributed by atoms with van der Waals surface area (Å²) in [5, 5.41) is 9.71. The molecule has 0 N–H and O–H groups in total. The molecule has 1 unspecified atom stereocenters. The highest BCUT2D eigenvalue weighted by Gasteiger charge is 2.61. The summed E-state index contributed by atoms with van der Waals surface area (Å²) in [6.07, 6.45) is 3.12. The van der Waals surface area contributed by atoms with Crippen molar-refractivity contribution in [2.45, 2.75) is 10.4 Å². The lowest BCUT2D eigenvalue weighted by Gasteiger charge is -2.45. The standard InChI is InChI=1S/C32H29ClN6O6S/c1-43-23-7-9-28(27(19-23)44-2)46(41,42)39-26-8-6-22(33)18-25(26)32(31(39)40,24-5-4-11-36-30(24)45-3)38-15-13-37(14-16-38)29-17-21(20-34)10-12-35-29/h4-12,17-19H,13-16H2,1-3H3. The van der Waals surface area contributed by atoms with E-state index in [1.807, 2.05) is 9.80 Å². The number of amides is 1. The molecule has 2 aliphatic heterocycles. The second kappa shape index (κ2) is 12.1. The van der Waals surface area contributed by atoms with Crippen molar-refractivity contribution in [2.75, 3.05) is 56.7 Å². The summed E-state index contributed by atoms with van der Waals surface area (Å²) in [6.45, 7) is 1.48. The smallest absolute Gasteiger partial charge is 0.274 e. The number of methoxy groups -OCH3 is 3. The van der Waals surface area contributed by atoms with Gasteiger partial charge in [0.25, 0.3) is 15.9 Å². The minimum Gasteiger partial charge on any atom is -0.497 e. The zero-order chi connectivity index (χ0) is 32.6. The Morgan fingerprint density at radius 2 is 1.67 bits per heavy atom. The minimum atomic E-state index is -4.56. The van der Waals surface area contributed by atoms with Gasteiger partial charge in [-0.2, -0.15) is 5.26 Å². The van der Waals surface area contributed by atoms with Crippen LogP contribution < -0.4 is 23.4 Å². The maximum Gasteiger partial charge on any atom is 0.274 e. The van der Waals surface area contributed by atoms with Gasteiger partial charge in [-0.3, -0.25) is 9.69 Å². The van der Waals surface area contributed by atoms with Crippen molar-refractivity contribution < 1.29 is 27.4 Å². The van der Waals surface area contributed by atoms with Crippen molar-refractivity contribution in [3.8, 4) is 23.4 Å². The summed E-state index contributed by atoms with van der Waals surface area (Å²) in [5.41, 5.74) is -0.341. The molecule has 1 saturated heterocycles. The highest BCUT2D eigenvalue weighted by molar-refractivity contribution is 7.93. The summed E-state index contributed by atoms with van der Waals surface area (Å²) < 4.78 is 46.3. The summed E-state index contributed by atoms with van der Waals surface area (Å²) in [5.74, 6) is 0.447. The molecule has 12 nitrogen and oxygen atoms in total. The molecule has 0 radical (unpaired) electrons. The predicted molar refractivity (Wildman–Crippen MR) is 170 cm³/mol. The van der Waals surface area contributed by atoms with Crippen molar-refractivity contribution in [1.29, 1.82) is 5.26 Å². The normalized spacial score (nSPS) is 18.2. The van der Waals surface area contributed by atoms with Crippen molar-refractivity contribution in [3.05, 3.63) is 94.8 Å². The lowest BCUT2D eigenvalue weighted by molar-refractivity contribution is -0.127. The van der Waals surface area contributed by atoms with Crippen molar-refractivity contribution >= 4 is 39.0 Å². The van der Waals surface area contributed by atoms with Gasteiger partial charge in [0.1, 0.15) is 22.2 Å². The van der Waals surface area contributed by atoms with Gasteiger partial charge in [0.05, 0.1) is 38.6 Å². The van der Waals surface area contributed by atoms with Gasteiger partial charge in [0.15, 0.2) is 5.54 Å². The Hall–Kier alpha value is -4.90. The van der Waals surface area contributed by atoms with Gasteiger partial charge >= 0.3 is 0 Å². The van der Waals surface area contributed by atoms with Gasteiger partial charge in [-0.25, -0.2) is 22.7 Å². The molecule has 1 atom stereocenters. The molecule has 1 fully saturated rings. The third-order valence-electron chi connectivity index (χ3n) is 8.26. The van der Waals surface area contributed by atoms with E-state index in [0.29, 0.717) is 59.5 Å². The van der Waals surface area contributed by atoms with Crippen LogP contribution in [0.2, 0.25) is 5.02 Å². The topological polar surface area (TPSA) is 138 Å². The zero-order valence-corrected chi connectivity index (χ0v) is 26.7. The molecule has 46 heavy (non-hydrogen) atoms. The second-order valence-electron chi connectivity index (χ2n) is 10.5. The van der Waals surface area contributed by atoms with Crippen LogP contribution in [-0.2, 0) is 20.4 Å². The first-order valence-corrected chi connectivity index (χ1v) is 16.0. The number of halogens is 1. The molecule has 236 valence electrons. The van der Waals surface area contributed by atoms with Gasteiger partial charge in [-0.1, -0.05) is 11.6 Å². The van der Waals surface area contributed by atoms with Crippen LogP contribution in [0.5, 0.6) is 17.4 Å². The van der Waals surface area contributed by atoms with E-state index >= 15 is 4.79 Å². The molecular weight excluding hydrogens is 632 g/mol. The maximum atomic E-state index is 15.2. The van der Waals surface area contributed by atoms with Crippen LogP contribution in [0.1, 0.15) is 16.7 Å². The van der Waals surface area contributed by atoms with Crippen LogP contribution in [0.15, 0.2) is 78.0 Å². The van der Waals surface area contributed by atoms with Crippen LogP contribution in [-0.4, -0.2) is 76.7 Å². The molecule has 0 bridgehead atoms. The molecule has 2 aliphatic rings. The Kier molecular flexibility index (Phi) is 8.20. The molecule has 14 heteroatoms. The van der Waals surface area contributed by atoms with Crippen LogP contribution in [0.3, 0.4) is 0 Å².